The summed E-state index contributed by atoms with van der Waals surface area (Å²) in [5.41, 5.74) is 7.42. The summed E-state index contributed by atoms with van der Waals surface area (Å²) in [6.45, 7) is 1.88. The average molecular weight is 490 g/mol. The number of halogens is 5. The van der Waals surface area contributed by atoms with E-state index in [4.69, 9.17) is 15.2 Å². The van der Waals surface area contributed by atoms with Crippen LogP contribution in [0.1, 0.15) is 35.8 Å². The van der Waals surface area contributed by atoms with Crippen molar-refractivity contribution in [1.82, 2.24) is 14.1 Å². The molecular formula is C21H23F5N4O2S. The molecule has 0 spiro atoms. The number of benzene rings is 1. The Morgan fingerprint density at radius 3 is 2.70 bits per heavy atom. The van der Waals surface area contributed by atoms with Crippen molar-refractivity contribution in [3.63, 3.8) is 0 Å². The molecule has 5 rings (SSSR count). The van der Waals surface area contributed by atoms with Crippen LogP contribution in [0.3, 0.4) is 0 Å². The molecule has 5 atom stereocenters. The topological polar surface area (TPSA) is 65.5 Å². The van der Waals surface area contributed by atoms with Gasteiger partial charge in [0.2, 0.25) is 0 Å². The first kappa shape index (κ1) is 23.0. The van der Waals surface area contributed by atoms with Crippen LogP contribution in [0.2, 0.25) is 0 Å². The number of aromatic nitrogens is 2. The maximum Gasteiger partial charge on any atom is 0.416 e. The first-order chi connectivity index (χ1) is 15.7. The normalized spacial score (nSPS) is 30.7. The van der Waals surface area contributed by atoms with E-state index in [0.29, 0.717) is 24.2 Å². The second-order valence-electron chi connectivity index (χ2n) is 8.65. The first-order valence-electron chi connectivity index (χ1n) is 10.7. The van der Waals surface area contributed by atoms with Gasteiger partial charge in [0.1, 0.15) is 17.7 Å². The Morgan fingerprint density at radius 1 is 1.18 bits per heavy atom. The maximum atomic E-state index is 14.3. The molecule has 3 aliphatic rings. The van der Waals surface area contributed by atoms with E-state index in [2.05, 4.69) is 5.10 Å². The molecule has 0 radical (unpaired) electrons. The summed E-state index contributed by atoms with van der Waals surface area (Å²) in [6, 6.07) is 0.607. The van der Waals surface area contributed by atoms with E-state index in [9.17, 15) is 22.0 Å². The fraction of sp³-hybridized carbons (Fsp3) is 0.571. The van der Waals surface area contributed by atoms with Gasteiger partial charge in [-0.15, -0.1) is 0 Å². The smallest absolute Gasteiger partial charge is 0.380 e. The fourth-order valence-electron chi connectivity index (χ4n) is 4.74. The van der Waals surface area contributed by atoms with Gasteiger partial charge in [0.25, 0.3) is 0 Å². The van der Waals surface area contributed by atoms with Crippen LogP contribution in [0.15, 0.2) is 24.4 Å². The molecular weight excluding hydrogens is 467 g/mol. The lowest BCUT2D eigenvalue weighted by Gasteiger charge is -2.44. The highest BCUT2D eigenvalue weighted by Crippen LogP contribution is 2.42. The summed E-state index contributed by atoms with van der Waals surface area (Å²) in [5.74, 6) is -1.62. The van der Waals surface area contributed by atoms with Crippen LogP contribution < -0.4 is 5.73 Å². The Balaban J connectivity index is 1.33. The minimum absolute atomic E-state index is 0.0801. The van der Waals surface area contributed by atoms with Gasteiger partial charge in [-0.3, -0.25) is 4.90 Å². The second kappa shape index (κ2) is 8.81. The number of ether oxygens (including phenoxy) is 2. The largest absolute Gasteiger partial charge is 0.416 e. The molecule has 4 unspecified atom stereocenters. The molecule has 1 aromatic carbocycles. The van der Waals surface area contributed by atoms with Gasteiger partial charge >= 0.3 is 6.18 Å². The number of hydrogen-bond donors (Lipinski definition) is 1. The summed E-state index contributed by atoms with van der Waals surface area (Å²) < 4.78 is 82.4. The maximum absolute atomic E-state index is 14.3. The first-order valence-corrected chi connectivity index (χ1v) is 11.5. The fourth-order valence-corrected chi connectivity index (χ4v) is 5.74. The molecule has 1 aromatic heterocycles. The molecule has 2 saturated heterocycles. The van der Waals surface area contributed by atoms with Crippen molar-refractivity contribution in [3.8, 4) is 0 Å². The van der Waals surface area contributed by atoms with Crippen molar-refractivity contribution >= 4 is 11.9 Å². The molecule has 180 valence electrons. The minimum Gasteiger partial charge on any atom is -0.380 e. The number of hydrogen-bond acceptors (Lipinski definition) is 6. The number of alkyl halides is 3. The van der Waals surface area contributed by atoms with E-state index >= 15 is 0 Å². The average Bonchev–Trinajstić information content (AvgIpc) is 3.46. The highest BCUT2D eigenvalue weighted by Gasteiger charge is 2.54. The molecule has 2 fully saturated rings. The van der Waals surface area contributed by atoms with Gasteiger partial charge in [-0.25, -0.2) is 12.9 Å². The molecule has 6 nitrogen and oxygen atoms in total. The molecule has 3 aliphatic heterocycles. The van der Waals surface area contributed by atoms with E-state index in [1.165, 1.54) is 0 Å². The van der Waals surface area contributed by atoms with Crippen LogP contribution >= 0.6 is 11.9 Å². The number of nitrogens with two attached hydrogens (primary N) is 1. The zero-order chi connectivity index (χ0) is 23.3. The van der Waals surface area contributed by atoms with Crippen LogP contribution in [-0.4, -0.2) is 56.9 Å². The Hall–Kier alpha value is -1.73. The molecule has 33 heavy (non-hydrogen) atoms. The summed E-state index contributed by atoms with van der Waals surface area (Å²) in [6.07, 6.45) is -5.60. The van der Waals surface area contributed by atoms with E-state index < -0.39 is 42.1 Å². The molecule has 2 aromatic rings. The lowest BCUT2D eigenvalue weighted by molar-refractivity contribution is -0.269. The quantitative estimate of drug-likeness (QED) is 0.662. The summed E-state index contributed by atoms with van der Waals surface area (Å²) in [7, 11) is 0. The van der Waals surface area contributed by atoms with Gasteiger partial charge in [-0.05, 0) is 43.0 Å². The van der Waals surface area contributed by atoms with Crippen LogP contribution in [-0.2, 0) is 22.6 Å². The van der Waals surface area contributed by atoms with E-state index in [-0.39, 0.29) is 25.1 Å². The van der Waals surface area contributed by atoms with Crippen LogP contribution in [0.25, 0.3) is 0 Å². The summed E-state index contributed by atoms with van der Waals surface area (Å²) in [5, 5.41) is 4.83. The molecule has 0 amide bonds. The standard InChI is InChI=1S/C21H23F5N4O2S/c22-12-1-2-15(23)14(5-12)19-16(27)6-18(20(32-19)21(24,25)26)29-7-11-8-30(28-17(11)9-29)33-13-3-4-31-10-13/h1-2,5,8,13,16,18-20H,3-4,6-7,9-10,27H2/t13?,16?,18?,19-,20?/m1/s1. The van der Waals surface area contributed by atoms with Gasteiger partial charge in [-0.1, -0.05) is 0 Å². The Kier molecular flexibility index (Phi) is 6.15. The summed E-state index contributed by atoms with van der Waals surface area (Å²) in [4.78, 5) is 1.65. The van der Waals surface area contributed by atoms with Crippen molar-refractivity contribution in [2.75, 3.05) is 13.2 Å². The van der Waals surface area contributed by atoms with Crippen molar-refractivity contribution in [3.05, 3.63) is 52.9 Å². The van der Waals surface area contributed by atoms with Crippen molar-refractivity contribution < 1.29 is 31.4 Å². The molecule has 0 saturated carbocycles. The molecule has 2 N–H and O–H groups in total. The lowest BCUT2D eigenvalue weighted by Crippen LogP contribution is -2.58. The Labute approximate surface area is 191 Å². The van der Waals surface area contributed by atoms with Crippen LogP contribution in [0.4, 0.5) is 22.0 Å². The number of rotatable bonds is 4. The number of fused-ring (bicyclic) bond motifs is 1. The highest BCUT2D eigenvalue weighted by molar-refractivity contribution is 7.98. The molecule has 0 bridgehead atoms. The van der Waals surface area contributed by atoms with Gasteiger partial charge in [0.05, 0.1) is 17.6 Å². The van der Waals surface area contributed by atoms with Crippen LogP contribution in [0.5, 0.6) is 0 Å². The molecule has 4 heterocycles. The van der Waals surface area contributed by atoms with Crippen molar-refractivity contribution in [1.29, 1.82) is 0 Å². The van der Waals surface area contributed by atoms with Crippen molar-refractivity contribution in [2.45, 2.75) is 61.6 Å². The number of nitrogens with zero attached hydrogens (tertiary/aromatic N) is 3. The molecule has 12 heteroatoms. The van der Waals surface area contributed by atoms with Gasteiger partial charge in [0.15, 0.2) is 6.10 Å². The third kappa shape index (κ3) is 4.63. The van der Waals surface area contributed by atoms with E-state index in [1.54, 1.807) is 20.9 Å². The SMILES string of the molecule is NC1CC(N2Cc3cn(SC4CCOC4)nc3C2)C(C(F)(F)F)O[C@@H]1c1cc(F)ccc1F. The monoisotopic (exact) mass is 490 g/mol. The zero-order valence-electron chi connectivity index (χ0n) is 17.5. The van der Waals surface area contributed by atoms with E-state index in [1.807, 2.05) is 6.20 Å². The lowest BCUT2D eigenvalue weighted by atomic mass is 9.89. The minimum atomic E-state index is -4.70. The van der Waals surface area contributed by atoms with Crippen molar-refractivity contribution in [2.24, 2.45) is 5.73 Å². The zero-order valence-corrected chi connectivity index (χ0v) is 18.3. The third-order valence-electron chi connectivity index (χ3n) is 6.33. The highest BCUT2D eigenvalue weighted by atomic mass is 32.2. The Morgan fingerprint density at radius 2 is 2.00 bits per heavy atom. The second-order valence-corrected chi connectivity index (χ2v) is 9.90. The van der Waals surface area contributed by atoms with Gasteiger partial charge < -0.3 is 15.2 Å². The third-order valence-corrected chi connectivity index (χ3v) is 7.40. The molecule has 0 aliphatic carbocycles. The predicted octanol–water partition coefficient (Wildman–Crippen LogP) is 3.55. The summed E-state index contributed by atoms with van der Waals surface area (Å²) >= 11 is 1.55. The van der Waals surface area contributed by atoms with Gasteiger partial charge in [-0.2, -0.15) is 18.3 Å². The Bertz CT molecular complexity index is 990. The van der Waals surface area contributed by atoms with Gasteiger partial charge in [0, 0.05) is 49.1 Å². The van der Waals surface area contributed by atoms with Crippen LogP contribution in [0, 0.1) is 11.6 Å². The van der Waals surface area contributed by atoms with E-state index in [0.717, 1.165) is 30.2 Å². The predicted molar refractivity (Wildman–Crippen MR) is 110 cm³/mol.